The summed E-state index contributed by atoms with van der Waals surface area (Å²) in [6.07, 6.45) is 10.1. The molecule has 0 bridgehead atoms. The number of carboxylic acids is 1. The fourth-order valence-corrected chi connectivity index (χ4v) is 5.35. The number of aryl methyl sites for hydroxylation is 1. The van der Waals surface area contributed by atoms with Gasteiger partial charge in [0.2, 0.25) is 0 Å². The fraction of sp³-hybridized carbons (Fsp3) is 0.483. The number of pyridine rings is 2. The maximum atomic E-state index is 15.4. The lowest BCUT2D eigenvalue weighted by molar-refractivity contribution is -0.146. The van der Waals surface area contributed by atoms with Crippen LogP contribution in [-0.4, -0.2) is 52.7 Å². The lowest BCUT2D eigenvalue weighted by Gasteiger charge is -2.37. The van der Waals surface area contributed by atoms with Gasteiger partial charge < -0.3 is 14.7 Å². The Balaban J connectivity index is 1.26. The average molecular weight is 494 g/mol. The van der Waals surface area contributed by atoms with E-state index in [4.69, 9.17) is 4.74 Å². The number of rotatable bonds is 12. The first-order chi connectivity index (χ1) is 17.5. The van der Waals surface area contributed by atoms with Crippen LogP contribution >= 0.6 is 0 Å². The Bertz CT molecular complexity index is 1130. The van der Waals surface area contributed by atoms with E-state index in [0.717, 1.165) is 56.1 Å². The molecule has 36 heavy (non-hydrogen) atoms. The zero-order valence-corrected chi connectivity index (χ0v) is 21.0. The quantitative estimate of drug-likeness (QED) is 0.318. The SMILES string of the molecule is COc1ccc2nccc([C@@H](F)CC[C@@H]3CCN(CCCCCc4ccncc4)C[C@@H]3C(=O)O)c2c1. The molecule has 0 spiro atoms. The van der Waals surface area contributed by atoms with Crippen LogP contribution in [0.15, 0.2) is 55.0 Å². The first kappa shape index (κ1) is 26.0. The molecule has 1 aliphatic heterocycles. The molecule has 1 aliphatic rings. The zero-order valence-electron chi connectivity index (χ0n) is 21.0. The first-order valence-electron chi connectivity index (χ1n) is 13.0. The minimum atomic E-state index is -1.17. The molecule has 7 heteroatoms. The number of halogens is 1. The Morgan fingerprint density at radius 3 is 2.78 bits per heavy atom. The van der Waals surface area contributed by atoms with Crippen LogP contribution in [0, 0.1) is 11.8 Å². The summed E-state index contributed by atoms with van der Waals surface area (Å²) in [5.74, 6) is -0.556. The summed E-state index contributed by atoms with van der Waals surface area (Å²) in [4.78, 5) is 22.7. The number of aliphatic carboxylic acids is 1. The molecule has 0 aliphatic carbocycles. The van der Waals surface area contributed by atoms with E-state index in [1.165, 1.54) is 5.56 Å². The summed E-state index contributed by atoms with van der Waals surface area (Å²) < 4.78 is 20.7. The van der Waals surface area contributed by atoms with Crippen molar-refractivity contribution in [1.82, 2.24) is 14.9 Å². The van der Waals surface area contributed by atoms with Crippen molar-refractivity contribution < 1.29 is 19.0 Å². The number of nitrogens with zero attached hydrogens (tertiary/aromatic N) is 3. The minimum absolute atomic E-state index is 0.00803. The Labute approximate surface area is 212 Å². The molecule has 6 nitrogen and oxygen atoms in total. The van der Waals surface area contributed by atoms with Crippen molar-refractivity contribution >= 4 is 16.9 Å². The second kappa shape index (κ2) is 12.8. The van der Waals surface area contributed by atoms with Crippen LogP contribution in [0.1, 0.15) is 55.8 Å². The van der Waals surface area contributed by atoms with Gasteiger partial charge in [0.25, 0.3) is 0 Å². The number of likely N-dealkylation sites (tertiary alicyclic amines) is 1. The molecule has 1 saturated heterocycles. The number of hydrogen-bond donors (Lipinski definition) is 1. The minimum Gasteiger partial charge on any atom is -0.497 e. The van der Waals surface area contributed by atoms with E-state index in [1.54, 1.807) is 19.4 Å². The number of alkyl halides is 1. The summed E-state index contributed by atoms with van der Waals surface area (Å²) >= 11 is 0. The number of ether oxygens (including phenoxy) is 1. The molecule has 4 rings (SSSR count). The van der Waals surface area contributed by atoms with Gasteiger partial charge >= 0.3 is 5.97 Å². The van der Waals surface area contributed by atoms with Gasteiger partial charge in [-0.05, 0) is 105 Å². The van der Waals surface area contributed by atoms with Crippen LogP contribution in [-0.2, 0) is 11.2 Å². The largest absolute Gasteiger partial charge is 0.497 e. The highest BCUT2D eigenvalue weighted by atomic mass is 19.1. The molecule has 3 aromatic rings. The van der Waals surface area contributed by atoms with Gasteiger partial charge in [0.1, 0.15) is 11.9 Å². The lowest BCUT2D eigenvalue weighted by Crippen LogP contribution is -2.44. The number of aromatic nitrogens is 2. The van der Waals surface area contributed by atoms with E-state index in [-0.39, 0.29) is 5.92 Å². The van der Waals surface area contributed by atoms with Crippen LogP contribution in [0.4, 0.5) is 4.39 Å². The molecule has 1 fully saturated rings. The molecular weight excluding hydrogens is 457 g/mol. The van der Waals surface area contributed by atoms with E-state index < -0.39 is 18.1 Å². The summed E-state index contributed by atoms with van der Waals surface area (Å²) in [6.45, 7) is 2.35. The van der Waals surface area contributed by atoms with E-state index in [1.807, 2.05) is 30.6 Å². The van der Waals surface area contributed by atoms with Crippen molar-refractivity contribution in [2.75, 3.05) is 26.7 Å². The molecule has 0 radical (unpaired) electrons. The smallest absolute Gasteiger partial charge is 0.308 e. The molecule has 0 amide bonds. The second-order valence-electron chi connectivity index (χ2n) is 9.79. The van der Waals surface area contributed by atoms with Crippen molar-refractivity contribution in [3.8, 4) is 5.75 Å². The molecule has 3 heterocycles. The van der Waals surface area contributed by atoms with Crippen molar-refractivity contribution in [2.45, 2.75) is 51.1 Å². The number of benzene rings is 1. The zero-order chi connectivity index (χ0) is 25.3. The highest BCUT2D eigenvalue weighted by Crippen LogP contribution is 2.35. The van der Waals surface area contributed by atoms with Gasteiger partial charge in [0.05, 0.1) is 18.5 Å². The molecule has 3 atom stereocenters. The van der Waals surface area contributed by atoms with Crippen LogP contribution in [0.25, 0.3) is 10.9 Å². The maximum absolute atomic E-state index is 15.4. The third-order valence-electron chi connectivity index (χ3n) is 7.46. The topological polar surface area (TPSA) is 75.5 Å². The van der Waals surface area contributed by atoms with Gasteiger partial charge in [0.15, 0.2) is 0 Å². The number of methoxy groups -OCH3 is 1. The van der Waals surface area contributed by atoms with Gasteiger partial charge in [-0.25, -0.2) is 4.39 Å². The number of carbonyl (C=O) groups is 1. The summed E-state index contributed by atoms with van der Waals surface area (Å²) in [7, 11) is 1.59. The summed E-state index contributed by atoms with van der Waals surface area (Å²) in [5, 5.41) is 10.6. The third-order valence-corrected chi connectivity index (χ3v) is 7.46. The predicted molar refractivity (Wildman–Crippen MR) is 139 cm³/mol. The Hall–Kier alpha value is -3.06. The fourth-order valence-electron chi connectivity index (χ4n) is 5.35. The average Bonchev–Trinajstić information content (AvgIpc) is 2.91. The van der Waals surface area contributed by atoms with Crippen LogP contribution in [0.3, 0.4) is 0 Å². The predicted octanol–water partition coefficient (Wildman–Crippen LogP) is 5.86. The van der Waals surface area contributed by atoms with Crippen LogP contribution in [0.2, 0.25) is 0 Å². The van der Waals surface area contributed by atoms with Gasteiger partial charge in [0, 0.05) is 30.5 Å². The van der Waals surface area contributed by atoms with Crippen molar-refractivity contribution in [2.24, 2.45) is 11.8 Å². The maximum Gasteiger partial charge on any atom is 0.308 e. The Morgan fingerprint density at radius 1 is 1.17 bits per heavy atom. The second-order valence-corrected chi connectivity index (χ2v) is 9.79. The lowest BCUT2D eigenvalue weighted by atomic mass is 9.81. The summed E-state index contributed by atoms with van der Waals surface area (Å²) in [6, 6.07) is 11.3. The Morgan fingerprint density at radius 2 is 2.00 bits per heavy atom. The Kier molecular flexibility index (Phi) is 9.23. The molecule has 1 aromatic carbocycles. The highest BCUT2D eigenvalue weighted by molar-refractivity contribution is 5.83. The standard InChI is InChI=1S/C29H36FN3O3/c1-36-23-7-9-28-25(19-23)24(12-16-32-28)27(30)8-6-22-13-18-33(20-26(22)29(34)35)17-4-2-3-5-21-10-14-31-15-11-21/h7,9-12,14-16,19,22,26-27H,2-6,8,13,17-18,20H2,1H3,(H,34,35)/t22-,26+,27+/m1/s1. The van der Waals surface area contributed by atoms with Gasteiger partial charge in [-0.15, -0.1) is 0 Å². The monoisotopic (exact) mass is 493 g/mol. The number of unbranched alkanes of at least 4 members (excludes halogenated alkanes) is 2. The van der Waals surface area contributed by atoms with Crippen LogP contribution in [0.5, 0.6) is 5.75 Å². The van der Waals surface area contributed by atoms with Gasteiger partial charge in [-0.1, -0.05) is 6.42 Å². The number of piperidine rings is 1. The van der Waals surface area contributed by atoms with E-state index >= 15 is 4.39 Å². The highest BCUT2D eigenvalue weighted by Gasteiger charge is 2.34. The summed E-state index contributed by atoms with van der Waals surface area (Å²) in [5.41, 5.74) is 2.63. The van der Waals surface area contributed by atoms with Crippen LogP contribution < -0.4 is 4.74 Å². The van der Waals surface area contributed by atoms with Gasteiger partial charge in [-0.2, -0.15) is 0 Å². The molecule has 1 N–H and O–H groups in total. The van der Waals surface area contributed by atoms with E-state index in [0.29, 0.717) is 30.7 Å². The normalized spacial score (nSPS) is 19.3. The molecule has 2 aromatic heterocycles. The van der Waals surface area contributed by atoms with E-state index in [9.17, 15) is 9.90 Å². The molecular formula is C29H36FN3O3. The van der Waals surface area contributed by atoms with Gasteiger partial charge in [-0.3, -0.25) is 14.8 Å². The molecule has 0 unspecified atom stereocenters. The number of carboxylic acid groups (broad SMARTS) is 1. The first-order valence-corrected chi connectivity index (χ1v) is 13.0. The van der Waals surface area contributed by atoms with Crippen molar-refractivity contribution in [3.63, 3.8) is 0 Å². The molecule has 192 valence electrons. The number of fused-ring (bicyclic) bond motifs is 1. The van der Waals surface area contributed by atoms with Crippen molar-refractivity contribution in [3.05, 3.63) is 66.1 Å². The van der Waals surface area contributed by atoms with E-state index in [2.05, 4.69) is 27.0 Å². The third kappa shape index (κ3) is 6.78. The van der Waals surface area contributed by atoms with Crippen molar-refractivity contribution in [1.29, 1.82) is 0 Å². The number of hydrogen-bond acceptors (Lipinski definition) is 5. The molecule has 0 saturated carbocycles.